The summed E-state index contributed by atoms with van der Waals surface area (Å²) in [5.74, 6) is 1.60. The Balaban J connectivity index is 0.00000529. The first-order valence-corrected chi connectivity index (χ1v) is 8.06. The highest BCUT2D eigenvalue weighted by Gasteiger charge is 2.01. The number of ether oxygens (including phenoxy) is 3. The minimum absolute atomic E-state index is 0. The number of nitrogens with zero attached hydrogens (tertiary/aromatic N) is 1. The van der Waals surface area contributed by atoms with Crippen LogP contribution in [0.25, 0.3) is 0 Å². The van der Waals surface area contributed by atoms with Gasteiger partial charge >= 0.3 is 0 Å². The number of hydrogen-bond acceptors (Lipinski definition) is 4. The van der Waals surface area contributed by atoms with Gasteiger partial charge in [-0.2, -0.15) is 0 Å². The van der Waals surface area contributed by atoms with Crippen LogP contribution < -0.4 is 15.4 Å². The molecule has 0 saturated carbocycles. The molecule has 1 aromatic carbocycles. The molecule has 0 atom stereocenters. The fourth-order valence-corrected chi connectivity index (χ4v) is 1.90. The van der Waals surface area contributed by atoms with Crippen molar-refractivity contribution in [3.05, 3.63) is 24.3 Å². The Hall–Kier alpha value is -1.06. The van der Waals surface area contributed by atoms with Gasteiger partial charge in [0.25, 0.3) is 0 Å². The highest BCUT2D eigenvalue weighted by Crippen LogP contribution is 2.17. The molecule has 24 heavy (non-hydrogen) atoms. The summed E-state index contributed by atoms with van der Waals surface area (Å²) in [7, 11) is 3.39. The minimum atomic E-state index is 0. The fraction of sp³-hybridized carbons (Fsp3) is 0.588. The quantitative estimate of drug-likeness (QED) is 0.234. The largest absolute Gasteiger partial charge is 0.493 e. The molecule has 0 heterocycles. The van der Waals surface area contributed by atoms with Crippen molar-refractivity contribution >= 4 is 35.6 Å². The summed E-state index contributed by atoms with van der Waals surface area (Å²) in [6.45, 7) is 5.63. The monoisotopic (exact) mass is 451 g/mol. The van der Waals surface area contributed by atoms with Gasteiger partial charge in [0.1, 0.15) is 5.75 Å². The Morgan fingerprint density at radius 3 is 2.54 bits per heavy atom. The Morgan fingerprint density at radius 2 is 1.83 bits per heavy atom. The van der Waals surface area contributed by atoms with E-state index in [1.165, 1.54) is 0 Å². The van der Waals surface area contributed by atoms with Gasteiger partial charge in [0, 0.05) is 58.7 Å². The highest BCUT2D eigenvalue weighted by atomic mass is 127. The number of guanidine groups is 1. The Kier molecular flexibility index (Phi) is 14.8. The van der Waals surface area contributed by atoms with Gasteiger partial charge < -0.3 is 24.8 Å². The molecular formula is C17H30IN3O3. The van der Waals surface area contributed by atoms with Crippen LogP contribution in [0.2, 0.25) is 0 Å². The lowest BCUT2D eigenvalue weighted by Gasteiger charge is -2.13. The molecule has 0 unspecified atom stereocenters. The van der Waals surface area contributed by atoms with Gasteiger partial charge in [-0.1, -0.05) is 6.07 Å². The van der Waals surface area contributed by atoms with Crippen molar-refractivity contribution < 1.29 is 14.2 Å². The molecule has 0 aliphatic rings. The van der Waals surface area contributed by atoms with Gasteiger partial charge in [-0.25, -0.2) is 0 Å². The Morgan fingerprint density at radius 1 is 1.08 bits per heavy atom. The summed E-state index contributed by atoms with van der Waals surface area (Å²) < 4.78 is 15.8. The van der Waals surface area contributed by atoms with E-state index in [-0.39, 0.29) is 24.0 Å². The number of aliphatic imine (C=N–C) groups is 1. The number of rotatable bonds is 11. The van der Waals surface area contributed by atoms with Gasteiger partial charge in [0.15, 0.2) is 5.96 Å². The van der Waals surface area contributed by atoms with Gasteiger partial charge in [0.2, 0.25) is 0 Å². The summed E-state index contributed by atoms with van der Waals surface area (Å²) in [5, 5.41) is 6.52. The SMILES string of the molecule is CCNC(=NCCCOC)Nc1cccc(OCCCOC)c1.I. The molecule has 138 valence electrons. The molecule has 0 aromatic heterocycles. The fourth-order valence-electron chi connectivity index (χ4n) is 1.90. The molecule has 0 saturated heterocycles. The van der Waals surface area contributed by atoms with Crippen LogP contribution in [0.4, 0.5) is 5.69 Å². The molecule has 1 rings (SSSR count). The van der Waals surface area contributed by atoms with Crippen molar-refractivity contribution in [1.29, 1.82) is 0 Å². The molecule has 0 bridgehead atoms. The van der Waals surface area contributed by atoms with Crippen LogP contribution in [-0.2, 0) is 9.47 Å². The Labute approximate surface area is 162 Å². The lowest BCUT2D eigenvalue weighted by Crippen LogP contribution is -2.30. The summed E-state index contributed by atoms with van der Waals surface area (Å²) in [6.07, 6.45) is 1.77. The molecule has 7 heteroatoms. The van der Waals surface area contributed by atoms with E-state index in [1.807, 2.05) is 31.2 Å². The van der Waals surface area contributed by atoms with E-state index in [0.717, 1.165) is 43.3 Å². The summed E-state index contributed by atoms with van der Waals surface area (Å²) in [5.41, 5.74) is 0.945. The first-order chi connectivity index (χ1) is 11.3. The number of hydrogen-bond donors (Lipinski definition) is 2. The van der Waals surface area contributed by atoms with E-state index < -0.39 is 0 Å². The number of benzene rings is 1. The van der Waals surface area contributed by atoms with Crippen molar-refractivity contribution in [2.45, 2.75) is 19.8 Å². The summed E-state index contributed by atoms with van der Waals surface area (Å²) >= 11 is 0. The summed E-state index contributed by atoms with van der Waals surface area (Å²) in [4.78, 5) is 4.52. The zero-order valence-corrected chi connectivity index (χ0v) is 17.2. The third-order valence-corrected chi connectivity index (χ3v) is 2.98. The van der Waals surface area contributed by atoms with Crippen LogP contribution in [0.1, 0.15) is 19.8 Å². The summed E-state index contributed by atoms with van der Waals surface area (Å²) in [6, 6.07) is 7.86. The molecule has 0 aliphatic carbocycles. The molecule has 2 N–H and O–H groups in total. The molecule has 1 aromatic rings. The van der Waals surface area contributed by atoms with Crippen LogP contribution >= 0.6 is 24.0 Å². The van der Waals surface area contributed by atoms with Gasteiger partial charge in [-0.3, -0.25) is 4.99 Å². The van der Waals surface area contributed by atoms with Crippen LogP contribution in [0.5, 0.6) is 5.75 Å². The van der Waals surface area contributed by atoms with Crippen molar-refractivity contribution in [3.8, 4) is 5.75 Å². The topological polar surface area (TPSA) is 64.1 Å². The molecule has 6 nitrogen and oxygen atoms in total. The first kappa shape index (κ1) is 22.9. The van der Waals surface area contributed by atoms with Gasteiger partial charge in [-0.05, 0) is 25.5 Å². The predicted molar refractivity (Wildman–Crippen MR) is 110 cm³/mol. The maximum atomic E-state index is 5.71. The molecule has 0 radical (unpaired) electrons. The van der Waals surface area contributed by atoms with Crippen LogP contribution in [0.15, 0.2) is 29.3 Å². The normalized spacial score (nSPS) is 10.9. The standard InChI is InChI=1S/C17H29N3O3.HI/c1-4-18-17(19-10-6-11-21-2)20-15-8-5-9-16(14-15)23-13-7-12-22-3;/h5,8-9,14H,4,6-7,10-13H2,1-3H3,(H2,18,19,20);1H. The second-order valence-corrected chi connectivity index (χ2v) is 4.95. The zero-order valence-electron chi connectivity index (χ0n) is 14.8. The number of nitrogens with one attached hydrogen (secondary N) is 2. The molecule has 0 amide bonds. The maximum absolute atomic E-state index is 5.71. The van der Waals surface area contributed by atoms with Crippen LogP contribution in [0.3, 0.4) is 0 Å². The third-order valence-electron chi connectivity index (χ3n) is 2.98. The first-order valence-electron chi connectivity index (χ1n) is 8.06. The van der Waals surface area contributed by atoms with Crippen molar-refractivity contribution in [2.75, 3.05) is 52.4 Å². The van der Waals surface area contributed by atoms with E-state index in [9.17, 15) is 0 Å². The maximum Gasteiger partial charge on any atom is 0.195 e. The number of halogens is 1. The van der Waals surface area contributed by atoms with Crippen LogP contribution in [-0.4, -0.2) is 53.1 Å². The van der Waals surface area contributed by atoms with Crippen molar-refractivity contribution in [3.63, 3.8) is 0 Å². The lowest BCUT2D eigenvalue weighted by molar-refractivity contribution is 0.172. The third kappa shape index (κ3) is 10.7. The molecule has 0 spiro atoms. The second-order valence-electron chi connectivity index (χ2n) is 4.95. The second kappa shape index (κ2) is 15.5. The van der Waals surface area contributed by atoms with E-state index >= 15 is 0 Å². The predicted octanol–water partition coefficient (Wildman–Crippen LogP) is 3.13. The molecular weight excluding hydrogens is 421 g/mol. The number of anilines is 1. The van der Waals surface area contributed by atoms with Crippen molar-refractivity contribution in [1.82, 2.24) is 5.32 Å². The molecule has 0 aliphatic heterocycles. The lowest BCUT2D eigenvalue weighted by atomic mass is 10.3. The van der Waals surface area contributed by atoms with Gasteiger partial charge in [-0.15, -0.1) is 24.0 Å². The molecule has 0 fully saturated rings. The highest BCUT2D eigenvalue weighted by molar-refractivity contribution is 14.0. The van der Waals surface area contributed by atoms with Crippen molar-refractivity contribution in [2.24, 2.45) is 4.99 Å². The zero-order chi connectivity index (χ0) is 16.8. The smallest absolute Gasteiger partial charge is 0.195 e. The van der Waals surface area contributed by atoms with Gasteiger partial charge in [0.05, 0.1) is 6.61 Å². The average Bonchev–Trinajstić information content (AvgIpc) is 2.56. The van der Waals surface area contributed by atoms with E-state index in [4.69, 9.17) is 14.2 Å². The van der Waals surface area contributed by atoms with E-state index in [0.29, 0.717) is 19.8 Å². The Bertz CT molecular complexity index is 458. The average molecular weight is 451 g/mol. The minimum Gasteiger partial charge on any atom is -0.493 e. The van der Waals surface area contributed by atoms with E-state index in [2.05, 4.69) is 15.6 Å². The van der Waals surface area contributed by atoms with E-state index in [1.54, 1.807) is 14.2 Å². The van der Waals surface area contributed by atoms with Crippen LogP contribution in [0, 0.1) is 0 Å². The number of methoxy groups -OCH3 is 2.